The van der Waals surface area contributed by atoms with E-state index in [1.54, 1.807) is 24.6 Å². The molecule has 0 aliphatic rings. The lowest BCUT2D eigenvalue weighted by atomic mass is 10.2. The van der Waals surface area contributed by atoms with Crippen LogP contribution < -0.4 is 10.0 Å². The maximum absolute atomic E-state index is 12.4. The molecule has 0 aromatic carbocycles. The quantitative estimate of drug-likeness (QED) is 0.807. The van der Waals surface area contributed by atoms with E-state index in [0.717, 1.165) is 11.5 Å². The van der Waals surface area contributed by atoms with Crippen molar-refractivity contribution in [3.63, 3.8) is 0 Å². The molecule has 0 fully saturated rings. The Labute approximate surface area is 125 Å². The summed E-state index contributed by atoms with van der Waals surface area (Å²) in [5.41, 5.74) is 0.913. The molecule has 1 unspecified atom stereocenters. The normalized spacial score (nSPS) is 13.5. The molecular formula is C14H21N3O3S. The van der Waals surface area contributed by atoms with Gasteiger partial charge in [0, 0.05) is 37.9 Å². The van der Waals surface area contributed by atoms with Gasteiger partial charge in [-0.15, -0.1) is 0 Å². The summed E-state index contributed by atoms with van der Waals surface area (Å²) < 4.78 is 34.4. The minimum absolute atomic E-state index is 0.242. The van der Waals surface area contributed by atoms with Crippen molar-refractivity contribution >= 4 is 10.0 Å². The van der Waals surface area contributed by atoms with Crippen LogP contribution >= 0.6 is 0 Å². The highest BCUT2D eigenvalue weighted by atomic mass is 32.2. The SMILES string of the molecule is CNCc1cc(S(=O)(=O)NC(C)Cc2ccco2)cn1C. The second-order valence-electron chi connectivity index (χ2n) is 5.11. The average molecular weight is 311 g/mol. The molecule has 2 heterocycles. The van der Waals surface area contributed by atoms with Gasteiger partial charge in [0.1, 0.15) is 5.76 Å². The van der Waals surface area contributed by atoms with Gasteiger partial charge in [0.15, 0.2) is 0 Å². The fourth-order valence-electron chi connectivity index (χ4n) is 2.19. The molecule has 0 saturated heterocycles. The lowest BCUT2D eigenvalue weighted by Gasteiger charge is -2.12. The van der Waals surface area contributed by atoms with Gasteiger partial charge in [0.2, 0.25) is 10.0 Å². The van der Waals surface area contributed by atoms with E-state index in [4.69, 9.17) is 4.42 Å². The second kappa shape index (κ2) is 6.46. The second-order valence-corrected chi connectivity index (χ2v) is 6.83. The predicted molar refractivity (Wildman–Crippen MR) is 80.4 cm³/mol. The molecule has 0 spiro atoms. The van der Waals surface area contributed by atoms with Gasteiger partial charge in [-0.05, 0) is 32.2 Å². The van der Waals surface area contributed by atoms with Crippen LogP contribution in [-0.4, -0.2) is 26.1 Å². The first-order valence-corrected chi connectivity index (χ1v) is 8.25. The Morgan fingerprint density at radius 1 is 1.43 bits per heavy atom. The first-order chi connectivity index (χ1) is 9.92. The third-order valence-electron chi connectivity index (χ3n) is 3.19. The van der Waals surface area contributed by atoms with Crippen molar-refractivity contribution < 1.29 is 12.8 Å². The minimum Gasteiger partial charge on any atom is -0.469 e. The summed E-state index contributed by atoms with van der Waals surface area (Å²) in [5.74, 6) is 0.758. The van der Waals surface area contributed by atoms with Crippen LogP contribution in [0, 0.1) is 0 Å². The molecule has 7 heteroatoms. The summed E-state index contributed by atoms with van der Waals surface area (Å²) in [4.78, 5) is 0.279. The molecule has 2 aromatic rings. The van der Waals surface area contributed by atoms with Crippen molar-refractivity contribution in [3.8, 4) is 0 Å². The van der Waals surface area contributed by atoms with Gasteiger partial charge in [-0.2, -0.15) is 0 Å². The molecule has 0 aliphatic carbocycles. The van der Waals surface area contributed by atoms with Gasteiger partial charge >= 0.3 is 0 Å². The molecule has 0 radical (unpaired) electrons. The maximum atomic E-state index is 12.4. The van der Waals surface area contributed by atoms with Gasteiger partial charge in [-0.3, -0.25) is 0 Å². The van der Waals surface area contributed by atoms with Gasteiger partial charge in [0.05, 0.1) is 11.2 Å². The van der Waals surface area contributed by atoms with Crippen LogP contribution in [0.15, 0.2) is 40.0 Å². The van der Waals surface area contributed by atoms with Crippen LogP contribution in [-0.2, 0) is 30.0 Å². The number of aryl methyl sites for hydroxylation is 1. The first-order valence-electron chi connectivity index (χ1n) is 6.77. The topological polar surface area (TPSA) is 76.3 Å². The largest absolute Gasteiger partial charge is 0.469 e. The summed E-state index contributed by atoms with van der Waals surface area (Å²) in [6.07, 6.45) is 3.72. The van der Waals surface area contributed by atoms with E-state index in [1.807, 2.05) is 31.7 Å². The Balaban J connectivity index is 2.09. The van der Waals surface area contributed by atoms with E-state index >= 15 is 0 Å². The van der Waals surface area contributed by atoms with Crippen LogP contribution in [0.5, 0.6) is 0 Å². The molecule has 6 nitrogen and oxygen atoms in total. The fraction of sp³-hybridized carbons (Fsp3) is 0.429. The molecule has 0 saturated carbocycles. The molecule has 0 aliphatic heterocycles. The number of hydrogen-bond acceptors (Lipinski definition) is 4. The maximum Gasteiger partial charge on any atom is 0.242 e. The lowest BCUT2D eigenvalue weighted by molar-refractivity contribution is 0.479. The van der Waals surface area contributed by atoms with E-state index in [9.17, 15) is 8.42 Å². The van der Waals surface area contributed by atoms with Gasteiger partial charge in [0.25, 0.3) is 0 Å². The monoisotopic (exact) mass is 311 g/mol. The van der Waals surface area contributed by atoms with Crippen molar-refractivity contribution in [2.45, 2.75) is 30.8 Å². The Hall–Kier alpha value is -1.57. The standard InChI is InChI=1S/C14H21N3O3S/c1-11(7-13-5-4-6-20-13)16-21(18,19)14-8-12(9-15-2)17(3)10-14/h4-6,8,10-11,15-16H,7,9H2,1-3H3. The number of hydrogen-bond donors (Lipinski definition) is 2. The zero-order chi connectivity index (χ0) is 15.5. The lowest BCUT2D eigenvalue weighted by Crippen LogP contribution is -2.33. The van der Waals surface area contributed by atoms with E-state index in [1.165, 1.54) is 0 Å². The molecular weight excluding hydrogens is 290 g/mol. The molecule has 2 N–H and O–H groups in total. The minimum atomic E-state index is -3.52. The molecule has 116 valence electrons. The third-order valence-corrected chi connectivity index (χ3v) is 4.75. The Morgan fingerprint density at radius 2 is 2.19 bits per heavy atom. The Morgan fingerprint density at radius 3 is 2.81 bits per heavy atom. The van der Waals surface area contributed by atoms with E-state index in [2.05, 4.69) is 10.0 Å². The first kappa shape index (κ1) is 15.8. The van der Waals surface area contributed by atoms with Crippen LogP contribution in [0.1, 0.15) is 18.4 Å². The van der Waals surface area contributed by atoms with Gasteiger partial charge in [-0.1, -0.05) is 0 Å². The molecule has 21 heavy (non-hydrogen) atoms. The predicted octanol–water partition coefficient (Wildman–Crippen LogP) is 1.25. The summed E-state index contributed by atoms with van der Waals surface area (Å²) in [6, 6.07) is 5.06. The number of sulfonamides is 1. The number of furan rings is 1. The summed E-state index contributed by atoms with van der Waals surface area (Å²) in [6.45, 7) is 2.44. The van der Waals surface area contributed by atoms with Crippen molar-refractivity contribution in [1.29, 1.82) is 0 Å². The molecule has 2 aromatic heterocycles. The van der Waals surface area contributed by atoms with Gasteiger partial charge < -0.3 is 14.3 Å². The van der Waals surface area contributed by atoms with E-state index in [0.29, 0.717) is 13.0 Å². The highest BCUT2D eigenvalue weighted by Gasteiger charge is 2.20. The molecule has 2 rings (SSSR count). The van der Waals surface area contributed by atoms with E-state index < -0.39 is 10.0 Å². The van der Waals surface area contributed by atoms with Crippen LogP contribution in [0.25, 0.3) is 0 Å². The molecule has 0 amide bonds. The zero-order valence-corrected chi connectivity index (χ0v) is 13.3. The zero-order valence-electron chi connectivity index (χ0n) is 12.5. The highest BCUT2D eigenvalue weighted by molar-refractivity contribution is 7.89. The average Bonchev–Trinajstić information content (AvgIpc) is 3.00. The Bertz CT molecular complexity index is 674. The van der Waals surface area contributed by atoms with Crippen molar-refractivity contribution in [1.82, 2.24) is 14.6 Å². The van der Waals surface area contributed by atoms with E-state index in [-0.39, 0.29) is 10.9 Å². The Kier molecular flexibility index (Phi) is 4.87. The summed E-state index contributed by atoms with van der Waals surface area (Å²) in [7, 11) is 0.133. The number of aromatic nitrogens is 1. The van der Waals surface area contributed by atoms with Gasteiger partial charge in [-0.25, -0.2) is 13.1 Å². The highest BCUT2D eigenvalue weighted by Crippen LogP contribution is 2.14. The summed E-state index contributed by atoms with van der Waals surface area (Å²) in [5, 5.41) is 3.01. The number of nitrogens with one attached hydrogen (secondary N) is 2. The number of rotatable bonds is 7. The smallest absolute Gasteiger partial charge is 0.242 e. The fourth-order valence-corrected chi connectivity index (χ4v) is 3.52. The molecule has 0 bridgehead atoms. The van der Waals surface area contributed by atoms with Crippen LogP contribution in [0.3, 0.4) is 0 Å². The summed E-state index contributed by atoms with van der Waals surface area (Å²) >= 11 is 0. The third kappa shape index (κ3) is 3.96. The van der Waals surface area contributed by atoms with Crippen molar-refractivity contribution in [3.05, 3.63) is 42.1 Å². The molecule has 1 atom stereocenters. The van der Waals surface area contributed by atoms with Crippen LogP contribution in [0.2, 0.25) is 0 Å². The van der Waals surface area contributed by atoms with Crippen molar-refractivity contribution in [2.24, 2.45) is 7.05 Å². The number of nitrogens with zero attached hydrogens (tertiary/aromatic N) is 1. The van der Waals surface area contributed by atoms with Crippen molar-refractivity contribution in [2.75, 3.05) is 7.05 Å². The van der Waals surface area contributed by atoms with Crippen LogP contribution in [0.4, 0.5) is 0 Å².